The Morgan fingerprint density at radius 1 is 1.21 bits per heavy atom. The molecule has 0 saturated heterocycles. The van der Waals surface area contributed by atoms with Crippen molar-refractivity contribution in [2.24, 2.45) is 0 Å². The first-order valence-corrected chi connectivity index (χ1v) is 9.70. The average molecular weight is 400 g/mol. The number of amides is 2. The Labute approximate surface area is 166 Å². The first-order chi connectivity index (χ1) is 13.4. The standard InChI is InChI=1S/C20H20N2O5S/c1-3-26-19(25)20(2)18(24)22-15-10-9-13(11-16(15)27-20)21-17(23)12-28-14-7-5-4-6-8-14/h4-11H,3,12H2,1-2H3,(H,21,23)(H,22,24)/t20-/m1/s1. The zero-order chi connectivity index (χ0) is 20.1. The Morgan fingerprint density at radius 2 is 1.96 bits per heavy atom. The van der Waals surface area contributed by atoms with Crippen LogP contribution in [0, 0.1) is 0 Å². The number of ether oxygens (including phenoxy) is 2. The predicted octanol–water partition coefficient (Wildman–Crippen LogP) is 3.07. The quantitative estimate of drug-likeness (QED) is 0.440. The molecule has 0 spiro atoms. The molecule has 1 aliphatic rings. The molecule has 0 aliphatic carbocycles. The molecule has 1 heterocycles. The summed E-state index contributed by atoms with van der Waals surface area (Å²) in [4.78, 5) is 37.6. The molecule has 7 nitrogen and oxygen atoms in total. The lowest BCUT2D eigenvalue weighted by Gasteiger charge is -2.32. The maximum atomic E-state index is 12.3. The van der Waals surface area contributed by atoms with Gasteiger partial charge >= 0.3 is 5.97 Å². The molecule has 28 heavy (non-hydrogen) atoms. The summed E-state index contributed by atoms with van der Waals surface area (Å²) >= 11 is 1.42. The number of hydrogen-bond donors (Lipinski definition) is 2. The summed E-state index contributed by atoms with van der Waals surface area (Å²) in [6, 6.07) is 14.4. The van der Waals surface area contributed by atoms with Crippen molar-refractivity contribution < 1.29 is 23.9 Å². The lowest BCUT2D eigenvalue weighted by molar-refractivity contribution is -0.165. The highest BCUT2D eigenvalue weighted by Gasteiger charge is 2.48. The van der Waals surface area contributed by atoms with Crippen LogP contribution in [-0.2, 0) is 19.1 Å². The van der Waals surface area contributed by atoms with Crippen LogP contribution in [0.15, 0.2) is 53.4 Å². The van der Waals surface area contributed by atoms with E-state index in [1.165, 1.54) is 18.7 Å². The van der Waals surface area contributed by atoms with Gasteiger partial charge in [0.1, 0.15) is 5.75 Å². The Morgan fingerprint density at radius 3 is 2.68 bits per heavy atom. The van der Waals surface area contributed by atoms with Crippen molar-refractivity contribution >= 4 is 40.9 Å². The molecule has 2 aromatic rings. The fourth-order valence-electron chi connectivity index (χ4n) is 2.56. The van der Waals surface area contributed by atoms with Gasteiger partial charge in [-0.05, 0) is 38.1 Å². The van der Waals surface area contributed by atoms with Crippen LogP contribution in [0.2, 0.25) is 0 Å². The normalized spacial score (nSPS) is 17.7. The van der Waals surface area contributed by atoms with Gasteiger partial charge in [0.25, 0.3) is 11.5 Å². The summed E-state index contributed by atoms with van der Waals surface area (Å²) in [5.41, 5.74) is -0.863. The van der Waals surface area contributed by atoms with E-state index in [4.69, 9.17) is 9.47 Å². The summed E-state index contributed by atoms with van der Waals surface area (Å²) in [7, 11) is 0. The van der Waals surface area contributed by atoms with E-state index in [0.717, 1.165) is 4.90 Å². The highest BCUT2D eigenvalue weighted by molar-refractivity contribution is 8.00. The number of thioether (sulfide) groups is 1. The van der Waals surface area contributed by atoms with Gasteiger partial charge in [-0.1, -0.05) is 18.2 Å². The number of rotatable bonds is 6. The predicted molar refractivity (Wildman–Crippen MR) is 107 cm³/mol. The molecule has 2 N–H and O–H groups in total. The summed E-state index contributed by atoms with van der Waals surface area (Å²) in [5, 5.41) is 5.42. The Kier molecular flexibility index (Phi) is 5.89. The highest BCUT2D eigenvalue weighted by atomic mass is 32.2. The molecule has 0 radical (unpaired) electrons. The molecule has 0 aromatic heterocycles. The molecule has 2 amide bonds. The van der Waals surface area contributed by atoms with E-state index < -0.39 is 17.5 Å². The monoisotopic (exact) mass is 400 g/mol. The number of anilines is 2. The number of nitrogens with one attached hydrogen (secondary N) is 2. The van der Waals surface area contributed by atoms with Crippen LogP contribution in [0.4, 0.5) is 11.4 Å². The third-order valence-corrected chi connectivity index (χ3v) is 5.05. The van der Waals surface area contributed by atoms with Crippen molar-refractivity contribution in [3.05, 3.63) is 48.5 Å². The van der Waals surface area contributed by atoms with E-state index in [0.29, 0.717) is 11.4 Å². The first-order valence-electron chi connectivity index (χ1n) is 8.72. The Bertz CT molecular complexity index is 903. The second-order valence-corrected chi connectivity index (χ2v) is 7.22. The van der Waals surface area contributed by atoms with E-state index in [-0.39, 0.29) is 24.0 Å². The molecular weight excluding hydrogens is 380 g/mol. The van der Waals surface area contributed by atoms with Crippen LogP contribution in [0.3, 0.4) is 0 Å². The molecule has 0 unspecified atom stereocenters. The molecular formula is C20H20N2O5S. The van der Waals surface area contributed by atoms with Gasteiger partial charge < -0.3 is 20.1 Å². The summed E-state index contributed by atoms with van der Waals surface area (Å²) in [5.74, 6) is -1.02. The molecule has 0 bridgehead atoms. The van der Waals surface area contributed by atoms with Gasteiger partial charge in [0, 0.05) is 16.6 Å². The average Bonchev–Trinajstić information content (AvgIpc) is 2.68. The van der Waals surface area contributed by atoms with Crippen LogP contribution in [0.5, 0.6) is 5.75 Å². The minimum absolute atomic E-state index is 0.132. The number of esters is 1. The molecule has 2 aromatic carbocycles. The number of hydrogen-bond acceptors (Lipinski definition) is 6. The van der Waals surface area contributed by atoms with Gasteiger partial charge in [-0.2, -0.15) is 0 Å². The molecule has 1 aliphatic heterocycles. The molecule has 0 fully saturated rings. The second kappa shape index (κ2) is 8.35. The lowest BCUT2D eigenvalue weighted by atomic mass is 10.0. The number of benzene rings is 2. The number of fused-ring (bicyclic) bond motifs is 1. The Balaban J connectivity index is 1.68. The van der Waals surface area contributed by atoms with Gasteiger partial charge in [0.15, 0.2) is 0 Å². The van der Waals surface area contributed by atoms with Crippen LogP contribution in [-0.4, -0.2) is 35.7 Å². The molecule has 8 heteroatoms. The zero-order valence-electron chi connectivity index (χ0n) is 15.5. The van der Waals surface area contributed by atoms with Crippen molar-refractivity contribution in [1.29, 1.82) is 0 Å². The maximum Gasteiger partial charge on any atom is 0.360 e. The van der Waals surface area contributed by atoms with Crippen LogP contribution in [0.25, 0.3) is 0 Å². The van der Waals surface area contributed by atoms with Gasteiger partial charge in [0.2, 0.25) is 5.91 Å². The van der Waals surface area contributed by atoms with Crippen LogP contribution in [0.1, 0.15) is 13.8 Å². The first kappa shape index (κ1) is 19.8. The van der Waals surface area contributed by atoms with Crippen LogP contribution >= 0.6 is 11.8 Å². The molecule has 1 atom stereocenters. The fraction of sp³-hybridized carbons (Fsp3) is 0.250. The summed E-state index contributed by atoms with van der Waals surface area (Å²) in [6.45, 7) is 3.13. The highest BCUT2D eigenvalue weighted by Crippen LogP contribution is 2.36. The third kappa shape index (κ3) is 4.28. The number of carbonyl (C=O) groups excluding carboxylic acids is 3. The van der Waals surface area contributed by atoms with Gasteiger partial charge in [-0.15, -0.1) is 11.8 Å². The van der Waals surface area contributed by atoms with Crippen molar-refractivity contribution in [3.8, 4) is 5.75 Å². The third-order valence-electron chi connectivity index (χ3n) is 4.04. The number of carbonyl (C=O) groups is 3. The summed E-state index contributed by atoms with van der Waals surface area (Å²) in [6.07, 6.45) is 0. The SMILES string of the molecule is CCOC(=O)[C@]1(C)Oc2cc(NC(=O)CSc3ccccc3)ccc2NC1=O. The van der Waals surface area contributed by atoms with Crippen LogP contribution < -0.4 is 15.4 Å². The van der Waals surface area contributed by atoms with Gasteiger partial charge in [-0.25, -0.2) is 4.79 Å². The van der Waals surface area contributed by atoms with Gasteiger partial charge in [-0.3, -0.25) is 9.59 Å². The van der Waals surface area contributed by atoms with Crippen molar-refractivity contribution in [1.82, 2.24) is 0 Å². The fourth-order valence-corrected chi connectivity index (χ4v) is 3.28. The maximum absolute atomic E-state index is 12.3. The van der Waals surface area contributed by atoms with Crippen molar-refractivity contribution in [2.75, 3.05) is 23.0 Å². The second-order valence-electron chi connectivity index (χ2n) is 6.17. The van der Waals surface area contributed by atoms with E-state index in [1.807, 2.05) is 30.3 Å². The minimum atomic E-state index is -1.78. The molecule has 3 rings (SSSR count). The largest absolute Gasteiger partial charge is 0.464 e. The minimum Gasteiger partial charge on any atom is -0.464 e. The van der Waals surface area contributed by atoms with E-state index in [9.17, 15) is 14.4 Å². The lowest BCUT2D eigenvalue weighted by Crippen LogP contribution is -2.55. The Hall–Kier alpha value is -3.00. The van der Waals surface area contributed by atoms with Crippen molar-refractivity contribution in [2.45, 2.75) is 24.3 Å². The topological polar surface area (TPSA) is 93.7 Å². The zero-order valence-corrected chi connectivity index (χ0v) is 16.3. The van der Waals surface area contributed by atoms with Gasteiger partial charge in [0.05, 0.1) is 18.0 Å². The van der Waals surface area contributed by atoms with Crippen molar-refractivity contribution in [3.63, 3.8) is 0 Å². The molecule has 0 saturated carbocycles. The van der Waals surface area contributed by atoms with E-state index >= 15 is 0 Å². The van der Waals surface area contributed by atoms with E-state index in [1.54, 1.807) is 25.1 Å². The molecule has 146 valence electrons. The van der Waals surface area contributed by atoms with E-state index in [2.05, 4.69) is 10.6 Å². The summed E-state index contributed by atoms with van der Waals surface area (Å²) < 4.78 is 10.6. The smallest absolute Gasteiger partial charge is 0.360 e.